The van der Waals surface area contributed by atoms with Crippen molar-refractivity contribution >= 4 is 5.91 Å². The minimum atomic E-state index is -4.29. The summed E-state index contributed by atoms with van der Waals surface area (Å²) in [6, 6.07) is 8.25. The van der Waals surface area contributed by atoms with Gasteiger partial charge in [0.2, 0.25) is 0 Å². The summed E-state index contributed by atoms with van der Waals surface area (Å²) in [6.07, 6.45) is -4.82. The Labute approximate surface area is 132 Å². The molecule has 1 heterocycles. The third kappa shape index (κ3) is 4.38. The van der Waals surface area contributed by atoms with E-state index in [-0.39, 0.29) is 13.0 Å². The average molecular weight is 326 g/mol. The molecule has 0 saturated carbocycles. The van der Waals surface area contributed by atoms with Crippen molar-refractivity contribution < 1.29 is 22.7 Å². The number of piperidine rings is 1. The lowest BCUT2D eigenvalue weighted by Crippen LogP contribution is -2.48. The number of nitrogens with zero attached hydrogens (tertiary/aromatic N) is 2. The maximum atomic E-state index is 12.8. The first-order chi connectivity index (χ1) is 10.8. The molecular weight excluding hydrogens is 309 g/mol. The van der Waals surface area contributed by atoms with Crippen LogP contribution in [0.5, 0.6) is 5.75 Å². The van der Waals surface area contributed by atoms with Crippen molar-refractivity contribution in [1.82, 2.24) is 4.90 Å². The van der Waals surface area contributed by atoms with E-state index in [9.17, 15) is 18.0 Å². The van der Waals surface area contributed by atoms with Crippen molar-refractivity contribution in [3.8, 4) is 11.8 Å². The van der Waals surface area contributed by atoms with Gasteiger partial charge in [-0.15, -0.1) is 0 Å². The molecule has 1 amide bonds. The monoisotopic (exact) mass is 326 g/mol. The van der Waals surface area contributed by atoms with Gasteiger partial charge < -0.3 is 9.64 Å². The SMILES string of the molecule is CC(Oc1cccc(C#N)c1)C(=O)N1CCCC(C(F)(F)F)C1. The van der Waals surface area contributed by atoms with Gasteiger partial charge in [0.25, 0.3) is 5.91 Å². The van der Waals surface area contributed by atoms with Gasteiger partial charge in [0, 0.05) is 13.1 Å². The molecule has 124 valence electrons. The fourth-order valence-electron chi connectivity index (χ4n) is 2.60. The lowest BCUT2D eigenvalue weighted by Gasteiger charge is -2.35. The second-order valence-corrected chi connectivity index (χ2v) is 5.56. The molecule has 23 heavy (non-hydrogen) atoms. The van der Waals surface area contributed by atoms with Crippen molar-refractivity contribution in [3.05, 3.63) is 29.8 Å². The first kappa shape index (κ1) is 17.1. The van der Waals surface area contributed by atoms with Crippen LogP contribution in [0, 0.1) is 17.2 Å². The van der Waals surface area contributed by atoms with Gasteiger partial charge in [-0.05, 0) is 38.0 Å². The number of benzene rings is 1. The second kappa shape index (κ2) is 6.90. The zero-order valence-electron chi connectivity index (χ0n) is 12.6. The molecule has 2 unspecified atom stereocenters. The molecule has 0 N–H and O–H groups in total. The van der Waals surface area contributed by atoms with E-state index in [1.807, 2.05) is 6.07 Å². The van der Waals surface area contributed by atoms with E-state index >= 15 is 0 Å². The minimum absolute atomic E-state index is 0.0483. The summed E-state index contributed by atoms with van der Waals surface area (Å²) in [5.41, 5.74) is 0.386. The van der Waals surface area contributed by atoms with E-state index in [0.29, 0.717) is 24.3 Å². The number of alkyl halides is 3. The summed E-state index contributed by atoms with van der Waals surface area (Å²) in [5.74, 6) is -1.61. The molecule has 2 atom stereocenters. The zero-order chi connectivity index (χ0) is 17.0. The van der Waals surface area contributed by atoms with Gasteiger partial charge in [0.15, 0.2) is 6.10 Å². The van der Waals surface area contributed by atoms with Crippen LogP contribution in [0.3, 0.4) is 0 Å². The van der Waals surface area contributed by atoms with Crippen LogP contribution in [0.2, 0.25) is 0 Å². The third-order valence-corrected chi connectivity index (χ3v) is 3.82. The normalized spacial score (nSPS) is 19.8. The minimum Gasteiger partial charge on any atom is -0.481 e. The third-order valence-electron chi connectivity index (χ3n) is 3.82. The molecule has 0 bridgehead atoms. The Kier molecular flexibility index (Phi) is 5.14. The second-order valence-electron chi connectivity index (χ2n) is 5.56. The topological polar surface area (TPSA) is 53.3 Å². The fraction of sp³-hybridized carbons (Fsp3) is 0.500. The quantitative estimate of drug-likeness (QED) is 0.857. The maximum Gasteiger partial charge on any atom is 0.393 e. The molecule has 0 aromatic heterocycles. The number of carbonyl (C=O) groups excluding carboxylic acids is 1. The van der Waals surface area contributed by atoms with Crippen LogP contribution in [0.1, 0.15) is 25.3 Å². The van der Waals surface area contributed by atoms with Gasteiger partial charge in [-0.25, -0.2) is 0 Å². The highest BCUT2D eigenvalue weighted by Crippen LogP contribution is 2.33. The van der Waals surface area contributed by atoms with Gasteiger partial charge in [0.1, 0.15) is 5.75 Å². The number of hydrogen-bond donors (Lipinski definition) is 0. The van der Waals surface area contributed by atoms with Crippen LogP contribution in [0.25, 0.3) is 0 Å². The van der Waals surface area contributed by atoms with Gasteiger partial charge in [0.05, 0.1) is 17.6 Å². The summed E-state index contributed by atoms with van der Waals surface area (Å²) >= 11 is 0. The predicted octanol–water partition coefficient (Wildman–Crippen LogP) is 3.13. The lowest BCUT2D eigenvalue weighted by molar-refractivity contribution is -0.189. The van der Waals surface area contributed by atoms with Crippen molar-refractivity contribution in [2.45, 2.75) is 32.0 Å². The molecule has 1 fully saturated rings. The van der Waals surface area contributed by atoms with E-state index in [0.717, 1.165) is 0 Å². The standard InChI is InChI=1S/C16H17F3N2O2/c1-11(23-14-6-2-4-12(8-14)9-20)15(22)21-7-3-5-13(10-21)16(17,18)19/h2,4,6,8,11,13H,3,5,7,10H2,1H3. The van der Waals surface area contributed by atoms with Crippen molar-refractivity contribution in [1.29, 1.82) is 5.26 Å². The van der Waals surface area contributed by atoms with Crippen LogP contribution < -0.4 is 4.74 Å². The summed E-state index contributed by atoms with van der Waals surface area (Å²) in [5, 5.41) is 8.83. The van der Waals surface area contributed by atoms with Crippen LogP contribution >= 0.6 is 0 Å². The predicted molar refractivity (Wildman–Crippen MR) is 76.6 cm³/mol. The molecule has 4 nitrogen and oxygen atoms in total. The average Bonchev–Trinajstić information content (AvgIpc) is 2.53. The molecular formula is C16H17F3N2O2. The molecule has 1 aromatic carbocycles. The summed E-state index contributed by atoms with van der Waals surface area (Å²) in [4.78, 5) is 13.5. The number of nitriles is 1. The largest absolute Gasteiger partial charge is 0.481 e. The van der Waals surface area contributed by atoms with Crippen molar-refractivity contribution in [2.24, 2.45) is 5.92 Å². The van der Waals surface area contributed by atoms with E-state index < -0.39 is 24.1 Å². The van der Waals surface area contributed by atoms with Crippen LogP contribution in [0.4, 0.5) is 13.2 Å². The Morgan fingerprint density at radius 3 is 2.87 bits per heavy atom. The molecule has 1 aromatic rings. The summed E-state index contributed by atoms with van der Waals surface area (Å²) in [6.45, 7) is 1.48. The van der Waals surface area contributed by atoms with Gasteiger partial charge in [-0.1, -0.05) is 6.07 Å². The highest BCUT2D eigenvalue weighted by atomic mass is 19.4. The van der Waals surface area contributed by atoms with Crippen LogP contribution in [0.15, 0.2) is 24.3 Å². The first-order valence-corrected chi connectivity index (χ1v) is 7.33. The molecule has 1 aliphatic heterocycles. The number of rotatable bonds is 3. The molecule has 0 spiro atoms. The Hall–Kier alpha value is -2.23. The first-order valence-electron chi connectivity index (χ1n) is 7.33. The number of hydrogen-bond acceptors (Lipinski definition) is 3. The van der Waals surface area contributed by atoms with Crippen molar-refractivity contribution in [3.63, 3.8) is 0 Å². The number of ether oxygens (including phenoxy) is 1. The molecule has 0 aliphatic carbocycles. The molecule has 1 saturated heterocycles. The van der Waals surface area contributed by atoms with Gasteiger partial charge >= 0.3 is 6.18 Å². The Balaban J connectivity index is 2.00. The Bertz CT molecular complexity index is 610. The lowest BCUT2D eigenvalue weighted by atomic mass is 9.97. The van der Waals surface area contributed by atoms with Crippen LogP contribution in [-0.2, 0) is 4.79 Å². The van der Waals surface area contributed by atoms with Gasteiger partial charge in [-0.2, -0.15) is 18.4 Å². The maximum absolute atomic E-state index is 12.8. The zero-order valence-corrected chi connectivity index (χ0v) is 12.6. The highest BCUT2D eigenvalue weighted by molar-refractivity contribution is 5.81. The molecule has 1 aliphatic rings. The Morgan fingerprint density at radius 1 is 1.48 bits per heavy atom. The highest BCUT2D eigenvalue weighted by Gasteiger charge is 2.43. The number of carbonyl (C=O) groups is 1. The van der Waals surface area contributed by atoms with E-state index in [1.165, 1.54) is 17.9 Å². The molecule has 7 heteroatoms. The van der Waals surface area contributed by atoms with Crippen LogP contribution in [-0.4, -0.2) is 36.2 Å². The number of likely N-dealkylation sites (tertiary alicyclic amines) is 1. The van der Waals surface area contributed by atoms with Crippen molar-refractivity contribution in [2.75, 3.05) is 13.1 Å². The molecule has 0 radical (unpaired) electrons. The summed E-state index contributed by atoms with van der Waals surface area (Å²) < 4.78 is 43.9. The van der Waals surface area contributed by atoms with E-state index in [1.54, 1.807) is 18.2 Å². The smallest absolute Gasteiger partial charge is 0.393 e. The summed E-state index contributed by atoms with van der Waals surface area (Å²) in [7, 11) is 0. The number of amides is 1. The number of halogens is 3. The van der Waals surface area contributed by atoms with Gasteiger partial charge in [-0.3, -0.25) is 4.79 Å². The van der Waals surface area contributed by atoms with E-state index in [2.05, 4.69) is 0 Å². The fourth-order valence-corrected chi connectivity index (χ4v) is 2.60. The Morgan fingerprint density at radius 2 is 2.22 bits per heavy atom. The molecule has 2 rings (SSSR count). The van der Waals surface area contributed by atoms with E-state index in [4.69, 9.17) is 10.00 Å².